The van der Waals surface area contributed by atoms with Crippen LogP contribution in [0.3, 0.4) is 0 Å². The van der Waals surface area contributed by atoms with Gasteiger partial charge in [0, 0.05) is 26.4 Å². The minimum Gasteiger partial charge on any atom is -0.507 e. The van der Waals surface area contributed by atoms with Crippen molar-refractivity contribution in [1.29, 1.82) is 0 Å². The summed E-state index contributed by atoms with van der Waals surface area (Å²) in [4.78, 5) is 0. The zero-order valence-electron chi connectivity index (χ0n) is 16.8. The highest BCUT2D eigenvalue weighted by Gasteiger charge is 2.52. The van der Waals surface area contributed by atoms with Crippen molar-refractivity contribution in [2.75, 3.05) is 0 Å². The normalized spacial score (nSPS) is 37.6. The lowest BCUT2D eigenvalue weighted by atomic mass is 9.56. The topological polar surface area (TPSA) is 20.2 Å². The van der Waals surface area contributed by atoms with Crippen molar-refractivity contribution in [2.45, 2.75) is 92.8 Å². The highest BCUT2D eigenvalue weighted by Crippen LogP contribution is 2.59. The third-order valence-corrected chi connectivity index (χ3v) is 7.62. The maximum Gasteiger partial charge on any atom is 0.123 e. The third-order valence-electron chi connectivity index (χ3n) is 6.44. The first-order valence-electron chi connectivity index (χ1n) is 9.69. The zero-order chi connectivity index (χ0) is 19.5. The van der Waals surface area contributed by atoms with Crippen LogP contribution in [-0.2, 0) is 16.6 Å². The van der Waals surface area contributed by atoms with Crippen LogP contribution < -0.4 is 0 Å². The molecular weight excluding hydrogens is 376 g/mol. The first-order valence-corrected chi connectivity index (χ1v) is 11.2. The number of rotatable bonds is 2. The molecule has 4 unspecified atom stereocenters. The molecule has 4 heteroatoms. The van der Waals surface area contributed by atoms with E-state index in [0.29, 0.717) is 17.4 Å². The Hall–Kier alpha value is 0.0700. The van der Waals surface area contributed by atoms with E-state index in [2.05, 4.69) is 59.4 Å². The molecule has 1 aromatic rings. The quantitative estimate of drug-likeness (QED) is 0.420. The summed E-state index contributed by atoms with van der Waals surface area (Å²) in [7, 11) is 0. The van der Waals surface area contributed by atoms with Crippen LogP contribution in [0, 0.1) is 5.92 Å². The predicted octanol–water partition coefficient (Wildman–Crippen LogP) is 6.33. The zero-order valence-corrected chi connectivity index (χ0v) is 19.4. The molecule has 1 aromatic carbocycles. The fraction of sp³-hybridized carbons (Fsp3) is 0.727. The highest BCUT2D eigenvalue weighted by molar-refractivity contribution is 7.82. The number of fused-ring (bicyclic) bond motifs is 2. The summed E-state index contributed by atoms with van der Waals surface area (Å²) < 4.78 is 0.0648. The average Bonchev–Trinajstić information content (AvgIpc) is 2.41. The molecule has 2 saturated carbocycles. The Morgan fingerprint density at radius 1 is 1.08 bits per heavy atom. The van der Waals surface area contributed by atoms with Gasteiger partial charge in [-0.2, -0.15) is 37.9 Å². The standard InChI is InChI=1S/C22H34OS3/c1-19(2,3)16-6-15(11-24)18(23)17(7-16)20(4)8-14-9-21(5,25)13-22(26,10-14)12-20/h6-7,14,23-26H,8-13H2,1-5H3. The molecule has 0 spiro atoms. The Kier molecular flexibility index (Phi) is 5.24. The van der Waals surface area contributed by atoms with E-state index in [9.17, 15) is 5.11 Å². The SMILES string of the molecule is CC1(S)CC2CC(S)(C1)CC(C)(c1cc(C(C)(C)C)cc(CS)c1O)C2. The van der Waals surface area contributed by atoms with E-state index in [-0.39, 0.29) is 20.3 Å². The third kappa shape index (κ3) is 3.93. The smallest absolute Gasteiger partial charge is 0.123 e. The van der Waals surface area contributed by atoms with Gasteiger partial charge in [0.2, 0.25) is 0 Å². The molecular formula is C22H34OS3. The Bertz CT molecular complexity index is 704. The fourth-order valence-electron chi connectivity index (χ4n) is 5.71. The minimum absolute atomic E-state index is 0.00226. The van der Waals surface area contributed by atoms with Crippen LogP contribution in [0.2, 0.25) is 0 Å². The van der Waals surface area contributed by atoms with Gasteiger partial charge in [0.15, 0.2) is 0 Å². The van der Waals surface area contributed by atoms with Gasteiger partial charge in [-0.15, -0.1) is 0 Å². The van der Waals surface area contributed by atoms with Crippen molar-refractivity contribution in [3.63, 3.8) is 0 Å². The van der Waals surface area contributed by atoms with Crippen molar-refractivity contribution in [3.05, 3.63) is 28.8 Å². The molecule has 146 valence electrons. The minimum atomic E-state index is -0.0576. The lowest BCUT2D eigenvalue weighted by molar-refractivity contribution is 0.123. The second-order valence-electron chi connectivity index (χ2n) is 10.6. The summed E-state index contributed by atoms with van der Waals surface area (Å²) in [5, 5.41) is 11.1. The number of phenolic OH excluding ortho intramolecular Hbond substituents is 1. The average molecular weight is 411 g/mol. The largest absolute Gasteiger partial charge is 0.507 e. The van der Waals surface area contributed by atoms with Crippen molar-refractivity contribution < 1.29 is 5.11 Å². The van der Waals surface area contributed by atoms with Crippen molar-refractivity contribution in [2.24, 2.45) is 5.92 Å². The second-order valence-corrected chi connectivity index (χ2v) is 12.9. The lowest BCUT2D eigenvalue weighted by Crippen LogP contribution is -2.51. The number of thiol groups is 3. The monoisotopic (exact) mass is 410 g/mol. The molecule has 1 nitrogen and oxygen atoms in total. The summed E-state index contributed by atoms with van der Waals surface area (Å²) >= 11 is 14.6. The molecule has 2 aliphatic rings. The van der Waals surface area contributed by atoms with Gasteiger partial charge >= 0.3 is 0 Å². The molecule has 0 aromatic heterocycles. The van der Waals surface area contributed by atoms with Crippen LogP contribution in [0.4, 0.5) is 0 Å². The Labute approximate surface area is 176 Å². The summed E-state index contributed by atoms with van der Waals surface area (Å²) in [6, 6.07) is 4.38. The molecule has 4 atom stereocenters. The molecule has 0 amide bonds. The van der Waals surface area contributed by atoms with Crippen molar-refractivity contribution in [3.8, 4) is 5.75 Å². The maximum atomic E-state index is 11.1. The van der Waals surface area contributed by atoms with Crippen LogP contribution in [0.5, 0.6) is 5.75 Å². The molecule has 3 rings (SSSR count). The van der Waals surface area contributed by atoms with Gasteiger partial charge in [-0.3, -0.25) is 0 Å². The van der Waals surface area contributed by atoms with Gasteiger partial charge in [-0.25, -0.2) is 0 Å². The van der Waals surface area contributed by atoms with E-state index < -0.39 is 0 Å². The summed E-state index contributed by atoms with van der Waals surface area (Å²) in [6.45, 7) is 11.3. The van der Waals surface area contributed by atoms with E-state index >= 15 is 0 Å². The molecule has 0 heterocycles. The number of hydrogen-bond donors (Lipinski definition) is 4. The first kappa shape index (κ1) is 20.8. The molecule has 2 fully saturated rings. The van der Waals surface area contributed by atoms with Crippen LogP contribution in [0.15, 0.2) is 12.1 Å². The molecule has 1 N–H and O–H groups in total. The Balaban J connectivity index is 2.08. The fourth-order valence-corrected chi connectivity index (χ4v) is 7.60. The van der Waals surface area contributed by atoms with E-state index in [1.54, 1.807) is 0 Å². The van der Waals surface area contributed by atoms with Crippen LogP contribution in [0.25, 0.3) is 0 Å². The predicted molar refractivity (Wildman–Crippen MR) is 123 cm³/mol. The van der Waals surface area contributed by atoms with Gasteiger partial charge in [0.1, 0.15) is 5.75 Å². The van der Waals surface area contributed by atoms with Crippen molar-refractivity contribution >= 4 is 37.9 Å². The summed E-state index contributed by atoms with van der Waals surface area (Å²) in [5.74, 6) is 1.61. The summed E-state index contributed by atoms with van der Waals surface area (Å²) in [5.41, 5.74) is 3.31. The first-order chi connectivity index (χ1) is 11.8. The van der Waals surface area contributed by atoms with Gasteiger partial charge in [0.05, 0.1) is 0 Å². The van der Waals surface area contributed by atoms with Gasteiger partial charge < -0.3 is 5.11 Å². The number of phenols is 1. The maximum absolute atomic E-state index is 11.1. The molecule has 26 heavy (non-hydrogen) atoms. The lowest BCUT2D eigenvalue weighted by Gasteiger charge is -2.55. The molecule has 0 radical (unpaired) electrons. The Morgan fingerprint density at radius 2 is 1.73 bits per heavy atom. The molecule has 0 saturated heterocycles. The van der Waals surface area contributed by atoms with E-state index in [1.165, 1.54) is 12.0 Å². The Morgan fingerprint density at radius 3 is 2.27 bits per heavy atom. The summed E-state index contributed by atoms with van der Waals surface area (Å²) in [6.07, 6.45) is 5.41. The number of hydrogen-bond acceptors (Lipinski definition) is 4. The molecule has 0 aliphatic heterocycles. The van der Waals surface area contributed by atoms with Gasteiger partial charge in [-0.1, -0.05) is 46.8 Å². The van der Waals surface area contributed by atoms with Gasteiger partial charge in [-0.05, 0) is 54.4 Å². The molecule has 2 bridgehead atoms. The second kappa shape index (κ2) is 6.56. The van der Waals surface area contributed by atoms with Crippen LogP contribution in [-0.4, -0.2) is 14.6 Å². The van der Waals surface area contributed by atoms with E-state index in [0.717, 1.165) is 36.8 Å². The van der Waals surface area contributed by atoms with E-state index in [1.807, 2.05) is 0 Å². The highest BCUT2D eigenvalue weighted by atomic mass is 32.1. The number of benzene rings is 1. The number of aromatic hydroxyl groups is 1. The van der Waals surface area contributed by atoms with E-state index in [4.69, 9.17) is 25.3 Å². The van der Waals surface area contributed by atoms with Gasteiger partial charge in [0.25, 0.3) is 0 Å². The van der Waals surface area contributed by atoms with Crippen LogP contribution in [0.1, 0.15) is 83.4 Å². The molecule has 2 aliphatic carbocycles. The van der Waals surface area contributed by atoms with Crippen molar-refractivity contribution in [1.82, 2.24) is 0 Å². The van der Waals surface area contributed by atoms with Crippen LogP contribution >= 0.6 is 37.9 Å².